The summed E-state index contributed by atoms with van der Waals surface area (Å²) in [6.45, 7) is 2.88. The fraction of sp³-hybridized carbons (Fsp3) is 0.176. The second-order valence-electron chi connectivity index (χ2n) is 5.28. The Bertz CT molecular complexity index is 848. The molecule has 1 amide bonds. The lowest BCUT2D eigenvalue weighted by Gasteiger charge is -2.14. The fourth-order valence-corrected chi connectivity index (χ4v) is 3.24. The van der Waals surface area contributed by atoms with Crippen molar-refractivity contribution in [2.24, 2.45) is 0 Å². The molecule has 2 rings (SSSR count). The molecule has 0 saturated carbocycles. The van der Waals surface area contributed by atoms with E-state index >= 15 is 0 Å². The van der Waals surface area contributed by atoms with Crippen LogP contribution in [0.5, 0.6) is 0 Å². The molecular formula is C17H18N2O4S. The van der Waals surface area contributed by atoms with Gasteiger partial charge >= 0.3 is 0 Å². The van der Waals surface area contributed by atoms with Crippen molar-refractivity contribution in [1.29, 1.82) is 0 Å². The summed E-state index contributed by atoms with van der Waals surface area (Å²) in [6.07, 6.45) is 0. The maximum atomic E-state index is 12.2. The van der Waals surface area contributed by atoms with Crippen LogP contribution in [0.25, 0.3) is 0 Å². The number of Topliss-reactive ketones (excluding diaryl/α,β-unsaturated/α-hetero) is 1. The number of anilines is 1. The van der Waals surface area contributed by atoms with Crippen LogP contribution in [-0.4, -0.2) is 26.2 Å². The normalized spacial score (nSPS) is 12.4. The van der Waals surface area contributed by atoms with Crippen molar-refractivity contribution in [3.8, 4) is 0 Å². The van der Waals surface area contributed by atoms with E-state index in [0.717, 1.165) is 0 Å². The van der Waals surface area contributed by atoms with Gasteiger partial charge < -0.3 is 5.32 Å². The summed E-state index contributed by atoms with van der Waals surface area (Å²) in [6, 6.07) is 13.3. The molecule has 1 unspecified atom stereocenters. The molecule has 0 aromatic heterocycles. The van der Waals surface area contributed by atoms with Crippen molar-refractivity contribution >= 4 is 27.4 Å². The van der Waals surface area contributed by atoms with Crippen LogP contribution in [0.2, 0.25) is 0 Å². The van der Waals surface area contributed by atoms with E-state index in [9.17, 15) is 18.0 Å². The molecule has 0 spiro atoms. The minimum absolute atomic E-state index is 0.0863. The minimum atomic E-state index is -3.78. The van der Waals surface area contributed by atoms with Gasteiger partial charge in [-0.15, -0.1) is 0 Å². The first-order valence-electron chi connectivity index (χ1n) is 7.29. The summed E-state index contributed by atoms with van der Waals surface area (Å²) in [5, 5.41) is 2.59. The van der Waals surface area contributed by atoms with Crippen molar-refractivity contribution in [3.63, 3.8) is 0 Å². The third-order valence-electron chi connectivity index (χ3n) is 3.32. The molecule has 0 saturated heterocycles. The van der Waals surface area contributed by atoms with Gasteiger partial charge in [-0.3, -0.25) is 9.59 Å². The molecular weight excluding hydrogens is 328 g/mol. The molecule has 1 atom stereocenters. The Morgan fingerprint density at radius 1 is 1.00 bits per heavy atom. The summed E-state index contributed by atoms with van der Waals surface area (Å²) >= 11 is 0. The highest BCUT2D eigenvalue weighted by atomic mass is 32.2. The van der Waals surface area contributed by atoms with Crippen LogP contribution in [0.15, 0.2) is 59.5 Å². The van der Waals surface area contributed by atoms with Crippen molar-refractivity contribution in [1.82, 2.24) is 4.72 Å². The first-order chi connectivity index (χ1) is 11.3. The zero-order valence-electron chi connectivity index (χ0n) is 13.3. The van der Waals surface area contributed by atoms with E-state index in [-0.39, 0.29) is 10.7 Å². The van der Waals surface area contributed by atoms with Crippen LogP contribution >= 0.6 is 0 Å². The Hall–Kier alpha value is -2.51. The number of nitrogens with one attached hydrogen (secondary N) is 2. The Morgan fingerprint density at radius 2 is 1.67 bits per heavy atom. The molecule has 2 N–H and O–H groups in total. The summed E-state index contributed by atoms with van der Waals surface area (Å²) in [5.41, 5.74) is 0.892. The quantitative estimate of drug-likeness (QED) is 0.784. The number of rotatable bonds is 6. The fourth-order valence-electron chi connectivity index (χ4n) is 2.02. The monoisotopic (exact) mass is 346 g/mol. The van der Waals surface area contributed by atoms with Gasteiger partial charge in [-0.1, -0.05) is 30.3 Å². The maximum Gasteiger partial charge on any atom is 0.242 e. The summed E-state index contributed by atoms with van der Waals surface area (Å²) in [4.78, 5) is 23.6. The smallest absolute Gasteiger partial charge is 0.242 e. The Balaban J connectivity index is 2.07. The van der Waals surface area contributed by atoms with E-state index in [1.165, 1.54) is 26.0 Å². The van der Waals surface area contributed by atoms with Gasteiger partial charge in [0.15, 0.2) is 5.78 Å². The van der Waals surface area contributed by atoms with Gasteiger partial charge in [0.2, 0.25) is 15.9 Å². The lowest BCUT2D eigenvalue weighted by molar-refractivity contribution is -0.117. The standard InChI is InChI=1S/C17H18N2O4S/c1-12(19-24(22,23)16-9-4-3-5-10-16)17(21)18-15-8-6-7-14(11-15)13(2)20/h3-12,19H,1-2H3,(H,18,21). The molecule has 0 aliphatic carbocycles. The molecule has 0 heterocycles. The van der Waals surface area contributed by atoms with Crippen LogP contribution in [0.3, 0.4) is 0 Å². The lowest BCUT2D eigenvalue weighted by Crippen LogP contribution is -2.41. The van der Waals surface area contributed by atoms with Crippen molar-refractivity contribution in [3.05, 3.63) is 60.2 Å². The lowest BCUT2D eigenvalue weighted by atomic mass is 10.1. The summed E-state index contributed by atoms with van der Waals surface area (Å²) in [5.74, 6) is -0.640. The molecule has 126 valence electrons. The number of sulfonamides is 1. The third kappa shape index (κ3) is 4.50. The second-order valence-corrected chi connectivity index (χ2v) is 7.00. The summed E-state index contributed by atoms with van der Waals surface area (Å²) < 4.78 is 26.7. The molecule has 0 aliphatic heterocycles. The highest BCUT2D eigenvalue weighted by Crippen LogP contribution is 2.12. The van der Waals surface area contributed by atoms with Crippen molar-refractivity contribution in [2.75, 3.05) is 5.32 Å². The van der Waals surface area contributed by atoms with E-state index in [1.54, 1.807) is 42.5 Å². The summed E-state index contributed by atoms with van der Waals surface area (Å²) in [7, 11) is -3.78. The van der Waals surface area contributed by atoms with Crippen LogP contribution in [0.1, 0.15) is 24.2 Å². The van der Waals surface area contributed by atoms with E-state index in [4.69, 9.17) is 0 Å². The van der Waals surface area contributed by atoms with E-state index < -0.39 is 22.0 Å². The second kappa shape index (κ2) is 7.37. The minimum Gasteiger partial charge on any atom is -0.325 e. The predicted octanol–water partition coefficient (Wildman–Crippen LogP) is 2.19. The molecule has 7 heteroatoms. The average molecular weight is 346 g/mol. The molecule has 24 heavy (non-hydrogen) atoms. The molecule has 0 bridgehead atoms. The van der Waals surface area contributed by atoms with Gasteiger partial charge in [0.05, 0.1) is 10.9 Å². The topological polar surface area (TPSA) is 92.3 Å². The number of carbonyl (C=O) groups excluding carboxylic acids is 2. The van der Waals surface area contributed by atoms with Crippen LogP contribution in [0, 0.1) is 0 Å². The SMILES string of the molecule is CC(=O)c1cccc(NC(=O)C(C)NS(=O)(=O)c2ccccc2)c1. The number of amides is 1. The third-order valence-corrected chi connectivity index (χ3v) is 4.87. The van der Waals surface area contributed by atoms with Gasteiger partial charge in [0.25, 0.3) is 0 Å². The van der Waals surface area contributed by atoms with Crippen LogP contribution < -0.4 is 10.0 Å². The van der Waals surface area contributed by atoms with E-state index in [2.05, 4.69) is 10.0 Å². The molecule has 0 radical (unpaired) electrons. The van der Waals surface area contributed by atoms with E-state index in [0.29, 0.717) is 11.3 Å². The zero-order chi connectivity index (χ0) is 17.7. The Labute approximate surface area is 140 Å². The molecule has 0 fully saturated rings. The average Bonchev–Trinajstić information content (AvgIpc) is 2.55. The number of hydrogen-bond donors (Lipinski definition) is 2. The first-order valence-corrected chi connectivity index (χ1v) is 8.77. The highest BCUT2D eigenvalue weighted by molar-refractivity contribution is 7.89. The molecule has 2 aromatic carbocycles. The zero-order valence-corrected chi connectivity index (χ0v) is 14.1. The number of benzene rings is 2. The Kier molecular flexibility index (Phi) is 5.48. The van der Waals surface area contributed by atoms with Crippen LogP contribution in [-0.2, 0) is 14.8 Å². The van der Waals surface area contributed by atoms with Gasteiger partial charge in [0, 0.05) is 11.3 Å². The van der Waals surface area contributed by atoms with Gasteiger partial charge in [-0.05, 0) is 38.1 Å². The predicted molar refractivity (Wildman–Crippen MR) is 91.3 cm³/mol. The molecule has 2 aromatic rings. The highest BCUT2D eigenvalue weighted by Gasteiger charge is 2.22. The molecule has 0 aliphatic rings. The number of carbonyl (C=O) groups is 2. The number of hydrogen-bond acceptors (Lipinski definition) is 4. The van der Waals surface area contributed by atoms with Gasteiger partial charge in [-0.25, -0.2) is 8.42 Å². The van der Waals surface area contributed by atoms with E-state index in [1.807, 2.05) is 0 Å². The van der Waals surface area contributed by atoms with Crippen molar-refractivity contribution in [2.45, 2.75) is 24.8 Å². The van der Waals surface area contributed by atoms with Crippen molar-refractivity contribution < 1.29 is 18.0 Å². The van der Waals surface area contributed by atoms with Crippen LogP contribution in [0.4, 0.5) is 5.69 Å². The number of ketones is 1. The molecule has 6 nitrogen and oxygen atoms in total. The Morgan fingerprint density at radius 3 is 2.29 bits per heavy atom. The van der Waals surface area contributed by atoms with Gasteiger partial charge in [0.1, 0.15) is 0 Å². The largest absolute Gasteiger partial charge is 0.325 e. The first kappa shape index (κ1) is 17.8. The van der Waals surface area contributed by atoms with Gasteiger partial charge in [-0.2, -0.15) is 4.72 Å². The maximum absolute atomic E-state index is 12.2.